The smallest absolute Gasteiger partial charge is 0.150 e. The van der Waals surface area contributed by atoms with Gasteiger partial charge in [0.15, 0.2) is 0 Å². The van der Waals surface area contributed by atoms with Crippen molar-refractivity contribution >= 4 is 40.6 Å². The minimum Gasteiger partial charge on any atom is -0.365 e. The molecule has 0 aliphatic carbocycles. The third-order valence-electron chi connectivity index (χ3n) is 2.67. The summed E-state index contributed by atoms with van der Waals surface area (Å²) in [5.74, 6) is 0.509. The van der Waals surface area contributed by atoms with Crippen LogP contribution in [0.1, 0.15) is 11.3 Å². The van der Waals surface area contributed by atoms with Crippen molar-refractivity contribution in [3.05, 3.63) is 38.7 Å². The van der Waals surface area contributed by atoms with E-state index in [4.69, 9.17) is 34.8 Å². The molecular weight excluding hydrogens is 295 g/mol. The Morgan fingerprint density at radius 1 is 1.28 bits per heavy atom. The zero-order valence-corrected chi connectivity index (χ0v) is 12.1. The average molecular weight is 306 g/mol. The van der Waals surface area contributed by atoms with E-state index in [1.807, 2.05) is 14.0 Å². The van der Waals surface area contributed by atoms with E-state index in [1.54, 1.807) is 16.9 Å². The molecule has 96 valence electrons. The van der Waals surface area contributed by atoms with Gasteiger partial charge < -0.3 is 5.32 Å². The summed E-state index contributed by atoms with van der Waals surface area (Å²) in [6.07, 6.45) is 1.80. The third kappa shape index (κ3) is 2.71. The maximum absolute atomic E-state index is 6.02. The SMILES string of the molecule is Cc1c(CNc2nc(Cl)c(Cl)cc2Cl)cnn1C. The highest BCUT2D eigenvalue weighted by molar-refractivity contribution is 6.42. The fraction of sp³-hybridized carbons (Fsp3) is 0.273. The number of hydrogen-bond donors (Lipinski definition) is 1. The number of aryl methyl sites for hydroxylation is 1. The molecule has 2 heterocycles. The molecule has 0 aliphatic rings. The Bertz CT molecular complexity index is 580. The Labute approximate surface area is 120 Å². The van der Waals surface area contributed by atoms with Crippen molar-refractivity contribution in [3.63, 3.8) is 0 Å². The lowest BCUT2D eigenvalue weighted by molar-refractivity contribution is 0.738. The standard InChI is InChI=1S/C11H11Cl3N4/c1-6-7(5-16-18(6)2)4-15-11-9(13)3-8(12)10(14)17-11/h3,5H,4H2,1-2H3,(H,15,17). The molecule has 0 aliphatic heterocycles. The second-order valence-corrected chi connectivity index (χ2v) is 5.00. The quantitative estimate of drug-likeness (QED) is 0.879. The molecule has 0 saturated carbocycles. The topological polar surface area (TPSA) is 42.7 Å². The Morgan fingerprint density at radius 3 is 2.61 bits per heavy atom. The molecule has 0 radical (unpaired) electrons. The van der Waals surface area contributed by atoms with Gasteiger partial charge in [-0.1, -0.05) is 34.8 Å². The van der Waals surface area contributed by atoms with E-state index < -0.39 is 0 Å². The molecule has 18 heavy (non-hydrogen) atoms. The minimum absolute atomic E-state index is 0.228. The first kappa shape index (κ1) is 13.5. The van der Waals surface area contributed by atoms with Gasteiger partial charge in [-0.3, -0.25) is 4.68 Å². The van der Waals surface area contributed by atoms with Crippen molar-refractivity contribution in [2.75, 3.05) is 5.32 Å². The normalized spacial score (nSPS) is 10.7. The summed E-state index contributed by atoms with van der Waals surface area (Å²) < 4.78 is 1.81. The average Bonchev–Trinajstić information content (AvgIpc) is 2.63. The molecule has 0 fully saturated rings. The van der Waals surface area contributed by atoms with E-state index >= 15 is 0 Å². The van der Waals surface area contributed by atoms with Crippen molar-refractivity contribution in [1.82, 2.24) is 14.8 Å². The molecule has 4 nitrogen and oxygen atoms in total. The number of nitrogens with one attached hydrogen (secondary N) is 1. The van der Waals surface area contributed by atoms with E-state index in [0.29, 0.717) is 22.4 Å². The Kier molecular flexibility index (Phi) is 4.00. The van der Waals surface area contributed by atoms with Gasteiger partial charge in [-0.05, 0) is 13.0 Å². The molecule has 0 saturated heterocycles. The number of rotatable bonds is 3. The van der Waals surface area contributed by atoms with E-state index in [1.165, 1.54) is 0 Å². The predicted octanol–water partition coefficient (Wildman–Crippen LogP) is 3.70. The maximum atomic E-state index is 6.02. The van der Waals surface area contributed by atoms with Gasteiger partial charge in [0.25, 0.3) is 0 Å². The highest BCUT2D eigenvalue weighted by atomic mass is 35.5. The highest BCUT2D eigenvalue weighted by Crippen LogP contribution is 2.29. The van der Waals surface area contributed by atoms with Gasteiger partial charge in [0.2, 0.25) is 0 Å². The van der Waals surface area contributed by atoms with Crippen LogP contribution >= 0.6 is 34.8 Å². The molecule has 0 spiro atoms. The second-order valence-electron chi connectivity index (χ2n) is 3.82. The molecule has 0 unspecified atom stereocenters. The van der Waals surface area contributed by atoms with Crippen LogP contribution in [0.2, 0.25) is 15.2 Å². The number of anilines is 1. The summed E-state index contributed by atoms with van der Waals surface area (Å²) >= 11 is 17.7. The van der Waals surface area contributed by atoms with Crippen molar-refractivity contribution in [3.8, 4) is 0 Å². The van der Waals surface area contributed by atoms with Crippen LogP contribution in [-0.2, 0) is 13.6 Å². The van der Waals surface area contributed by atoms with Crippen molar-refractivity contribution in [2.45, 2.75) is 13.5 Å². The number of halogens is 3. The fourth-order valence-electron chi connectivity index (χ4n) is 1.46. The van der Waals surface area contributed by atoms with Crippen molar-refractivity contribution < 1.29 is 0 Å². The highest BCUT2D eigenvalue weighted by Gasteiger charge is 2.09. The van der Waals surface area contributed by atoms with E-state index in [2.05, 4.69) is 15.4 Å². The molecule has 2 aromatic heterocycles. The summed E-state index contributed by atoms with van der Waals surface area (Å²) in [4.78, 5) is 4.09. The Hall–Kier alpha value is -0.970. The van der Waals surface area contributed by atoms with Crippen molar-refractivity contribution in [1.29, 1.82) is 0 Å². The number of aromatic nitrogens is 3. The van der Waals surface area contributed by atoms with Crippen LogP contribution in [0.4, 0.5) is 5.82 Å². The lowest BCUT2D eigenvalue weighted by atomic mass is 10.2. The monoisotopic (exact) mass is 304 g/mol. The van der Waals surface area contributed by atoms with Gasteiger partial charge >= 0.3 is 0 Å². The fourth-order valence-corrected chi connectivity index (χ4v) is 2.03. The first-order valence-electron chi connectivity index (χ1n) is 5.22. The van der Waals surface area contributed by atoms with Gasteiger partial charge in [-0.25, -0.2) is 4.98 Å². The van der Waals surface area contributed by atoms with Crippen LogP contribution in [-0.4, -0.2) is 14.8 Å². The van der Waals surface area contributed by atoms with Gasteiger partial charge in [-0.15, -0.1) is 0 Å². The summed E-state index contributed by atoms with van der Waals surface area (Å²) in [7, 11) is 1.89. The largest absolute Gasteiger partial charge is 0.365 e. The van der Waals surface area contributed by atoms with Crippen LogP contribution < -0.4 is 5.32 Å². The third-order valence-corrected chi connectivity index (χ3v) is 3.63. The minimum atomic E-state index is 0.228. The van der Waals surface area contributed by atoms with Crippen LogP contribution in [0.25, 0.3) is 0 Å². The number of pyridine rings is 1. The molecule has 2 aromatic rings. The molecule has 7 heteroatoms. The Morgan fingerprint density at radius 2 is 2.00 bits per heavy atom. The number of nitrogens with zero attached hydrogens (tertiary/aromatic N) is 3. The second kappa shape index (κ2) is 5.34. The lowest BCUT2D eigenvalue weighted by Gasteiger charge is -2.08. The molecule has 0 aromatic carbocycles. The van der Waals surface area contributed by atoms with Crippen LogP contribution in [0.3, 0.4) is 0 Å². The van der Waals surface area contributed by atoms with Crippen LogP contribution in [0, 0.1) is 6.92 Å². The molecule has 1 N–H and O–H groups in total. The molecule has 0 amide bonds. The lowest BCUT2D eigenvalue weighted by Crippen LogP contribution is -2.03. The zero-order valence-electron chi connectivity index (χ0n) is 9.84. The summed E-state index contributed by atoms with van der Waals surface area (Å²) in [6.45, 7) is 2.57. The van der Waals surface area contributed by atoms with Gasteiger partial charge in [0, 0.05) is 24.8 Å². The van der Waals surface area contributed by atoms with Gasteiger partial charge in [-0.2, -0.15) is 5.10 Å². The summed E-state index contributed by atoms with van der Waals surface area (Å²) in [5, 5.41) is 8.27. The first-order chi connectivity index (χ1) is 8.49. The predicted molar refractivity (Wildman–Crippen MR) is 74.5 cm³/mol. The zero-order chi connectivity index (χ0) is 13.3. The van der Waals surface area contributed by atoms with Crippen molar-refractivity contribution in [2.24, 2.45) is 7.05 Å². The van der Waals surface area contributed by atoms with Crippen LogP contribution in [0.15, 0.2) is 12.3 Å². The van der Waals surface area contributed by atoms with Crippen LogP contribution in [0.5, 0.6) is 0 Å². The maximum Gasteiger partial charge on any atom is 0.150 e. The molecule has 0 bridgehead atoms. The molecule has 0 atom stereocenters. The van der Waals surface area contributed by atoms with E-state index in [-0.39, 0.29) is 5.15 Å². The summed E-state index contributed by atoms with van der Waals surface area (Å²) in [6, 6.07) is 1.57. The molecular formula is C11H11Cl3N4. The number of hydrogen-bond acceptors (Lipinski definition) is 3. The van der Waals surface area contributed by atoms with E-state index in [0.717, 1.165) is 11.3 Å². The van der Waals surface area contributed by atoms with Gasteiger partial charge in [0.1, 0.15) is 11.0 Å². The summed E-state index contributed by atoms with van der Waals surface area (Å²) in [5.41, 5.74) is 2.15. The molecule has 2 rings (SSSR count). The van der Waals surface area contributed by atoms with Gasteiger partial charge in [0.05, 0.1) is 16.2 Å². The van der Waals surface area contributed by atoms with E-state index in [9.17, 15) is 0 Å². The Balaban J connectivity index is 2.16. The first-order valence-corrected chi connectivity index (χ1v) is 6.35.